The molecule has 0 radical (unpaired) electrons. The van der Waals surface area contributed by atoms with Crippen LogP contribution < -0.4 is 0 Å². The number of ether oxygens (including phenoxy) is 1. The van der Waals surface area contributed by atoms with E-state index in [4.69, 9.17) is 5.11 Å². The van der Waals surface area contributed by atoms with E-state index in [1.54, 1.807) is 0 Å². The van der Waals surface area contributed by atoms with Crippen LogP contribution in [0.2, 0.25) is 0 Å². The Labute approximate surface area is 92.9 Å². The maximum atomic E-state index is 10.5. The minimum Gasteiger partial charge on any atom is -0.476 e. The van der Waals surface area contributed by atoms with Crippen LogP contribution in [0.15, 0.2) is 12.7 Å². The standard InChI is InChI=1S/C7H10O3.C3H4O3/c1-3-4-10-7(9)5-6(2)8;1-2(4)3(5)6/h3H,1,4-5H2,2H3;1H3,(H,5,6). The van der Waals surface area contributed by atoms with Gasteiger partial charge in [-0.05, 0) is 6.92 Å². The van der Waals surface area contributed by atoms with E-state index in [9.17, 15) is 19.2 Å². The molecule has 1 N–H and O–H groups in total. The van der Waals surface area contributed by atoms with Crippen LogP contribution in [0.1, 0.15) is 20.3 Å². The molecule has 0 rings (SSSR count). The molecule has 0 aliphatic carbocycles. The predicted octanol–water partition coefficient (Wildman–Crippen LogP) is 0.355. The van der Waals surface area contributed by atoms with Crippen LogP contribution in [0.5, 0.6) is 0 Å². The summed E-state index contributed by atoms with van der Waals surface area (Å²) >= 11 is 0. The molecule has 0 aliphatic rings. The lowest BCUT2D eigenvalue weighted by atomic mass is 10.3. The van der Waals surface area contributed by atoms with E-state index in [0.29, 0.717) is 0 Å². The van der Waals surface area contributed by atoms with Crippen molar-refractivity contribution < 1.29 is 29.0 Å². The van der Waals surface area contributed by atoms with Gasteiger partial charge in [-0.25, -0.2) is 4.79 Å². The highest BCUT2D eigenvalue weighted by molar-refractivity contribution is 6.31. The van der Waals surface area contributed by atoms with E-state index in [2.05, 4.69) is 11.3 Å². The van der Waals surface area contributed by atoms with Crippen molar-refractivity contribution in [1.82, 2.24) is 0 Å². The Kier molecular flexibility index (Phi) is 9.84. The predicted molar refractivity (Wildman–Crippen MR) is 54.8 cm³/mol. The van der Waals surface area contributed by atoms with Crippen LogP contribution in [0.3, 0.4) is 0 Å². The Morgan fingerprint density at radius 2 is 1.69 bits per heavy atom. The summed E-state index contributed by atoms with van der Waals surface area (Å²) in [6.45, 7) is 5.87. The quantitative estimate of drug-likeness (QED) is 0.317. The largest absolute Gasteiger partial charge is 0.476 e. The van der Waals surface area contributed by atoms with Gasteiger partial charge in [-0.2, -0.15) is 0 Å². The smallest absolute Gasteiger partial charge is 0.371 e. The molecular weight excluding hydrogens is 216 g/mol. The molecule has 0 bridgehead atoms. The zero-order chi connectivity index (χ0) is 13.1. The Balaban J connectivity index is 0. The third kappa shape index (κ3) is 14.5. The molecule has 6 nitrogen and oxygen atoms in total. The van der Waals surface area contributed by atoms with Crippen LogP contribution in [-0.2, 0) is 23.9 Å². The van der Waals surface area contributed by atoms with Gasteiger partial charge in [-0.1, -0.05) is 12.7 Å². The lowest BCUT2D eigenvalue weighted by molar-refractivity contribution is -0.148. The van der Waals surface area contributed by atoms with Crippen molar-refractivity contribution in [2.75, 3.05) is 6.61 Å². The number of hydrogen-bond donors (Lipinski definition) is 1. The molecule has 0 amide bonds. The number of ketones is 2. The maximum absolute atomic E-state index is 10.5. The number of hydrogen-bond acceptors (Lipinski definition) is 5. The topological polar surface area (TPSA) is 97.7 Å². The summed E-state index contributed by atoms with van der Waals surface area (Å²) in [6.07, 6.45) is 1.31. The highest BCUT2D eigenvalue weighted by Gasteiger charge is 2.03. The number of aliphatic carboxylic acids is 1. The van der Waals surface area contributed by atoms with Crippen molar-refractivity contribution in [3.63, 3.8) is 0 Å². The summed E-state index contributed by atoms with van der Waals surface area (Å²) in [7, 11) is 0. The zero-order valence-corrected chi connectivity index (χ0v) is 9.19. The molecule has 0 aromatic carbocycles. The third-order valence-electron chi connectivity index (χ3n) is 1.06. The molecule has 0 atom stereocenters. The number of carbonyl (C=O) groups is 4. The summed E-state index contributed by atoms with van der Waals surface area (Å²) in [5.74, 6) is -2.88. The van der Waals surface area contributed by atoms with Crippen molar-refractivity contribution in [3.05, 3.63) is 12.7 Å². The fourth-order valence-corrected chi connectivity index (χ4v) is 0.406. The molecule has 0 heterocycles. The summed E-state index contributed by atoms with van der Waals surface area (Å²) < 4.78 is 4.52. The first-order valence-corrected chi connectivity index (χ1v) is 4.31. The number of Topliss-reactive ketones (excluding diaryl/α,β-unsaturated/α-hetero) is 2. The molecule has 0 unspecified atom stereocenters. The molecule has 0 aromatic heterocycles. The fraction of sp³-hybridized carbons (Fsp3) is 0.400. The van der Waals surface area contributed by atoms with Gasteiger partial charge in [0.15, 0.2) is 0 Å². The van der Waals surface area contributed by atoms with Gasteiger partial charge in [-0.3, -0.25) is 14.4 Å². The Morgan fingerprint density at radius 1 is 1.25 bits per heavy atom. The molecule has 0 fully saturated rings. The van der Waals surface area contributed by atoms with E-state index < -0.39 is 17.7 Å². The third-order valence-corrected chi connectivity index (χ3v) is 1.06. The van der Waals surface area contributed by atoms with Gasteiger partial charge in [0.2, 0.25) is 5.78 Å². The van der Waals surface area contributed by atoms with Gasteiger partial charge < -0.3 is 9.84 Å². The highest BCUT2D eigenvalue weighted by atomic mass is 16.5. The van der Waals surface area contributed by atoms with Crippen LogP contribution >= 0.6 is 0 Å². The Hall–Kier alpha value is -1.98. The SMILES string of the molecule is C=CCOC(=O)CC(C)=O.CC(=O)C(=O)O. The lowest BCUT2D eigenvalue weighted by Crippen LogP contribution is -2.08. The maximum Gasteiger partial charge on any atom is 0.371 e. The van der Waals surface area contributed by atoms with Crippen LogP contribution in [0, 0.1) is 0 Å². The molecule has 16 heavy (non-hydrogen) atoms. The molecule has 0 spiro atoms. The van der Waals surface area contributed by atoms with Gasteiger partial charge in [-0.15, -0.1) is 0 Å². The average Bonchev–Trinajstić information content (AvgIpc) is 2.14. The normalized spacial score (nSPS) is 8.12. The average molecular weight is 230 g/mol. The first kappa shape index (κ1) is 16.4. The summed E-state index contributed by atoms with van der Waals surface area (Å²) in [4.78, 5) is 39.7. The van der Waals surface area contributed by atoms with Gasteiger partial charge >= 0.3 is 11.9 Å². The molecule has 90 valence electrons. The Morgan fingerprint density at radius 3 is 1.94 bits per heavy atom. The second kappa shape index (κ2) is 9.57. The second-order valence-electron chi connectivity index (χ2n) is 2.71. The van der Waals surface area contributed by atoms with Crippen LogP contribution in [0.4, 0.5) is 0 Å². The van der Waals surface area contributed by atoms with E-state index in [1.807, 2.05) is 0 Å². The van der Waals surface area contributed by atoms with Crippen molar-refractivity contribution in [1.29, 1.82) is 0 Å². The number of rotatable bonds is 5. The Bertz CT molecular complexity index is 280. The first-order valence-electron chi connectivity index (χ1n) is 4.31. The molecule has 6 heteroatoms. The second-order valence-corrected chi connectivity index (χ2v) is 2.71. The summed E-state index contributed by atoms with van der Waals surface area (Å²) in [5, 5.41) is 7.64. The lowest BCUT2D eigenvalue weighted by Gasteiger charge is -1.96. The van der Waals surface area contributed by atoms with E-state index >= 15 is 0 Å². The van der Waals surface area contributed by atoms with Gasteiger partial charge in [0.05, 0.1) is 0 Å². The van der Waals surface area contributed by atoms with Crippen LogP contribution in [-0.4, -0.2) is 35.2 Å². The highest BCUT2D eigenvalue weighted by Crippen LogP contribution is 1.87. The molecule has 0 aliphatic heterocycles. The number of carboxylic acid groups (broad SMARTS) is 1. The summed E-state index contributed by atoms with van der Waals surface area (Å²) in [5.41, 5.74) is 0. The van der Waals surface area contributed by atoms with E-state index in [1.165, 1.54) is 13.0 Å². The zero-order valence-electron chi connectivity index (χ0n) is 9.19. The molecule has 0 aromatic rings. The van der Waals surface area contributed by atoms with Gasteiger partial charge in [0.1, 0.15) is 18.8 Å². The van der Waals surface area contributed by atoms with Crippen molar-refractivity contribution in [2.24, 2.45) is 0 Å². The molecular formula is C10H14O6. The van der Waals surface area contributed by atoms with Gasteiger partial charge in [0.25, 0.3) is 0 Å². The minimum atomic E-state index is -1.38. The van der Waals surface area contributed by atoms with Gasteiger partial charge in [0, 0.05) is 6.92 Å². The molecule has 0 saturated heterocycles. The number of carboxylic acids is 1. The van der Waals surface area contributed by atoms with E-state index in [0.717, 1.165) is 6.92 Å². The number of esters is 1. The fourth-order valence-electron chi connectivity index (χ4n) is 0.406. The minimum absolute atomic E-state index is 0.145. The van der Waals surface area contributed by atoms with Crippen molar-refractivity contribution in [3.8, 4) is 0 Å². The summed E-state index contributed by atoms with van der Waals surface area (Å²) in [6, 6.07) is 0. The van der Waals surface area contributed by atoms with E-state index in [-0.39, 0.29) is 18.8 Å². The molecule has 0 saturated carbocycles. The monoisotopic (exact) mass is 230 g/mol. The van der Waals surface area contributed by atoms with Crippen LogP contribution in [0.25, 0.3) is 0 Å². The first-order chi connectivity index (χ1) is 7.31. The number of carbonyl (C=O) groups excluding carboxylic acids is 3. The van der Waals surface area contributed by atoms with Crippen molar-refractivity contribution in [2.45, 2.75) is 20.3 Å². The van der Waals surface area contributed by atoms with Crippen molar-refractivity contribution >= 4 is 23.5 Å².